The van der Waals surface area contributed by atoms with Gasteiger partial charge in [-0.05, 0) is 42.6 Å². The van der Waals surface area contributed by atoms with Crippen LogP contribution in [0.25, 0.3) is 0 Å². The minimum Gasteiger partial charge on any atom is -0.458 e. The molecule has 2 saturated carbocycles. The number of carbonyl (C=O) groups is 1. The van der Waals surface area contributed by atoms with E-state index in [4.69, 9.17) is 4.74 Å². The van der Waals surface area contributed by atoms with Crippen LogP contribution in [0.3, 0.4) is 0 Å². The van der Waals surface area contributed by atoms with Gasteiger partial charge in [-0.2, -0.15) is 0 Å². The Morgan fingerprint density at radius 2 is 2.17 bits per heavy atom. The van der Waals surface area contributed by atoms with Gasteiger partial charge < -0.3 is 9.84 Å². The zero-order chi connectivity index (χ0) is 13.1. The highest BCUT2D eigenvalue weighted by Gasteiger charge is 2.53. The lowest BCUT2D eigenvalue weighted by Gasteiger charge is -2.50. The number of hydrogen-bond donors (Lipinski definition) is 1. The summed E-state index contributed by atoms with van der Waals surface area (Å²) in [5.41, 5.74) is 1.66. The largest absolute Gasteiger partial charge is 0.458 e. The van der Waals surface area contributed by atoms with Crippen molar-refractivity contribution in [2.75, 3.05) is 0 Å². The van der Waals surface area contributed by atoms with E-state index in [1.807, 2.05) is 0 Å². The third-order valence-electron chi connectivity index (χ3n) is 5.28. The van der Waals surface area contributed by atoms with Gasteiger partial charge in [0.15, 0.2) is 0 Å². The average Bonchev–Trinajstić information content (AvgIpc) is 2.58. The summed E-state index contributed by atoms with van der Waals surface area (Å²) in [6, 6.07) is 0. The van der Waals surface area contributed by atoms with E-state index in [9.17, 15) is 9.90 Å². The number of aliphatic hydroxyl groups is 1. The predicted molar refractivity (Wildman–Crippen MR) is 67.7 cm³/mol. The molecule has 3 fully saturated rings. The SMILES string of the molecule is C=C1C(=O)O[C@@H]2C[C@@]3(C)CCC(O)C(=C)[C@@H]3C[C@H]12. The van der Waals surface area contributed by atoms with Crippen LogP contribution in [-0.4, -0.2) is 23.3 Å². The molecule has 0 spiro atoms. The second-order valence-electron chi connectivity index (χ2n) is 6.35. The molecule has 1 saturated heterocycles. The van der Waals surface area contributed by atoms with Crippen LogP contribution < -0.4 is 0 Å². The molecule has 0 radical (unpaired) electrons. The van der Waals surface area contributed by atoms with Gasteiger partial charge in [0.1, 0.15) is 6.10 Å². The van der Waals surface area contributed by atoms with Crippen LogP contribution in [0, 0.1) is 17.3 Å². The molecule has 1 N–H and O–H groups in total. The summed E-state index contributed by atoms with van der Waals surface area (Å²) in [6.45, 7) is 10.2. The fourth-order valence-electron chi connectivity index (χ4n) is 4.05. The molecule has 0 amide bonds. The molecule has 3 aliphatic rings. The number of fused-ring (bicyclic) bond motifs is 2. The van der Waals surface area contributed by atoms with E-state index in [2.05, 4.69) is 20.1 Å². The predicted octanol–water partition coefficient (Wildman–Crippen LogP) is 2.21. The lowest BCUT2D eigenvalue weighted by Crippen LogP contribution is -2.46. The Balaban J connectivity index is 1.91. The van der Waals surface area contributed by atoms with Gasteiger partial charge in [0.2, 0.25) is 0 Å². The van der Waals surface area contributed by atoms with E-state index in [-0.39, 0.29) is 35.4 Å². The third kappa shape index (κ3) is 1.50. The van der Waals surface area contributed by atoms with E-state index in [0.717, 1.165) is 31.3 Å². The molecule has 0 aromatic heterocycles. The minimum atomic E-state index is -0.383. The fraction of sp³-hybridized carbons (Fsp3) is 0.667. The second kappa shape index (κ2) is 3.70. The molecule has 5 atom stereocenters. The molecule has 0 aromatic carbocycles. The van der Waals surface area contributed by atoms with Crippen LogP contribution in [0.1, 0.15) is 32.6 Å². The number of ether oxygens (including phenoxy) is 1. The maximum atomic E-state index is 11.6. The number of aliphatic hydroxyl groups excluding tert-OH is 1. The summed E-state index contributed by atoms with van der Waals surface area (Å²) in [5.74, 6) is 0.171. The molecule has 2 aliphatic carbocycles. The summed E-state index contributed by atoms with van der Waals surface area (Å²) in [7, 11) is 0. The fourth-order valence-corrected chi connectivity index (χ4v) is 4.05. The molecular weight excluding hydrogens is 228 g/mol. The number of carbonyl (C=O) groups excluding carboxylic acids is 1. The first-order valence-corrected chi connectivity index (χ1v) is 6.69. The van der Waals surface area contributed by atoms with Crippen LogP contribution in [0.4, 0.5) is 0 Å². The van der Waals surface area contributed by atoms with E-state index in [1.165, 1.54) is 0 Å². The van der Waals surface area contributed by atoms with Crippen LogP contribution in [0.5, 0.6) is 0 Å². The summed E-state index contributed by atoms with van der Waals surface area (Å²) in [4.78, 5) is 11.6. The Bertz CT molecular complexity index is 439. The van der Waals surface area contributed by atoms with Gasteiger partial charge >= 0.3 is 5.97 Å². The van der Waals surface area contributed by atoms with Gasteiger partial charge in [-0.3, -0.25) is 0 Å². The van der Waals surface area contributed by atoms with Crippen LogP contribution >= 0.6 is 0 Å². The maximum absolute atomic E-state index is 11.6. The molecule has 98 valence electrons. The number of esters is 1. The lowest BCUT2D eigenvalue weighted by atomic mass is 9.55. The summed E-state index contributed by atoms with van der Waals surface area (Å²) < 4.78 is 5.42. The highest BCUT2D eigenvalue weighted by Crippen LogP contribution is 2.56. The molecule has 3 rings (SSSR count). The van der Waals surface area contributed by atoms with Crippen LogP contribution in [0.15, 0.2) is 24.3 Å². The first kappa shape index (κ1) is 12.0. The van der Waals surface area contributed by atoms with Crippen LogP contribution in [-0.2, 0) is 9.53 Å². The Hall–Kier alpha value is -1.09. The van der Waals surface area contributed by atoms with Gasteiger partial charge in [0.25, 0.3) is 0 Å². The topological polar surface area (TPSA) is 46.5 Å². The van der Waals surface area contributed by atoms with Crippen molar-refractivity contribution in [1.82, 2.24) is 0 Å². The van der Waals surface area contributed by atoms with Gasteiger partial charge in [-0.1, -0.05) is 20.1 Å². The molecule has 1 heterocycles. The quantitative estimate of drug-likeness (QED) is 0.406. The van der Waals surface area contributed by atoms with Gasteiger partial charge in [-0.15, -0.1) is 0 Å². The molecule has 1 aliphatic heterocycles. The zero-order valence-electron chi connectivity index (χ0n) is 10.8. The molecular formula is C15H20O3. The van der Waals surface area contributed by atoms with Crippen molar-refractivity contribution in [1.29, 1.82) is 0 Å². The Labute approximate surface area is 108 Å². The molecule has 1 unspecified atom stereocenters. The van der Waals surface area contributed by atoms with Gasteiger partial charge in [0, 0.05) is 11.5 Å². The van der Waals surface area contributed by atoms with Gasteiger partial charge in [0.05, 0.1) is 6.10 Å². The van der Waals surface area contributed by atoms with E-state index >= 15 is 0 Å². The summed E-state index contributed by atoms with van der Waals surface area (Å²) in [5, 5.41) is 9.97. The Morgan fingerprint density at radius 3 is 2.89 bits per heavy atom. The molecule has 3 nitrogen and oxygen atoms in total. The highest BCUT2D eigenvalue weighted by atomic mass is 16.6. The monoisotopic (exact) mass is 248 g/mol. The minimum absolute atomic E-state index is 0.00528. The smallest absolute Gasteiger partial charge is 0.334 e. The number of rotatable bonds is 0. The van der Waals surface area contributed by atoms with Crippen molar-refractivity contribution in [3.8, 4) is 0 Å². The second-order valence-corrected chi connectivity index (χ2v) is 6.35. The van der Waals surface area contributed by atoms with E-state index < -0.39 is 0 Å². The highest BCUT2D eigenvalue weighted by molar-refractivity contribution is 5.90. The van der Waals surface area contributed by atoms with Crippen LogP contribution in [0.2, 0.25) is 0 Å². The molecule has 0 aromatic rings. The van der Waals surface area contributed by atoms with Crippen molar-refractivity contribution < 1.29 is 14.6 Å². The standard InChI is InChI=1S/C15H20O3/c1-8-10-6-11-9(2)12(16)4-5-15(11,3)7-13(10)18-14(8)17/h10-13,16H,1-2,4-7H2,3H3/t10-,11+,12?,13-,15-/m1/s1. The average molecular weight is 248 g/mol. The van der Waals surface area contributed by atoms with Crippen molar-refractivity contribution in [2.45, 2.75) is 44.8 Å². The zero-order valence-corrected chi connectivity index (χ0v) is 10.8. The van der Waals surface area contributed by atoms with Crippen molar-refractivity contribution in [2.24, 2.45) is 17.3 Å². The first-order valence-electron chi connectivity index (χ1n) is 6.69. The van der Waals surface area contributed by atoms with Crippen molar-refractivity contribution in [3.63, 3.8) is 0 Å². The maximum Gasteiger partial charge on any atom is 0.334 e. The molecule has 3 heteroatoms. The summed E-state index contributed by atoms with van der Waals surface area (Å²) >= 11 is 0. The van der Waals surface area contributed by atoms with Gasteiger partial charge in [-0.25, -0.2) is 4.79 Å². The first-order chi connectivity index (χ1) is 8.42. The normalized spacial score (nSPS) is 47.6. The van der Waals surface area contributed by atoms with E-state index in [0.29, 0.717) is 5.57 Å². The Morgan fingerprint density at radius 1 is 1.44 bits per heavy atom. The van der Waals surface area contributed by atoms with Crippen molar-refractivity contribution in [3.05, 3.63) is 24.3 Å². The third-order valence-corrected chi connectivity index (χ3v) is 5.28. The Kier molecular flexibility index (Phi) is 2.46. The van der Waals surface area contributed by atoms with Crippen molar-refractivity contribution >= 4 is 5.97 Å². The summed E-state index contributed by atoms with van der Waals surface area (Å²) in [6.07, 6.45) is 3.09. The number of hydrogen-bond acceptors (Lipinski definition) is 3. The van der Waals surface area contributed by atoms with E-state index in [1.54, 1.807) is 0 Å². The molecule has 0 bridgehead atoms. The lowest BCUT2D eigenvalue weighted by molar-refractivity contribution is -0.142. The molecule has 18 heavy (non-hydrogen) atoms.